The maximum absolute atomic E-state index is 12.4. The zero-order valence-corrected chi connectivity index (χ0v) is 12.3. The maximum atomic E-state index is 12.4. The molecule has 0 aliphatic rings. The lowest BCUT2D eigenvalue weighted by Crippen LogP contribution is -2.27. The fourth-order valence-corrected chi connectivity index (χ4v) is 4.15. The molecule has 1 N–H and O–H groups in total. The van der Waals surface area contributed by atoms with E-state index in [9.17, 15) is 8.42 Å². The van der Waals surface area contributed by atoms with Crippen molar-refractivity contribution in [1.82, 2.24) is 4.31 Å². The minimum atomic E-state index is -3.59. The molecule has 0 aliphatic carbocycles. The summed E-state index contributed by atoms with van der Waals surface area (Å²) >= 11 is 1.23. The quantitative estimate of drug-likeness (QED) is 0.916. The molecular formula is C12H15NO4S2. The number of nitrogens with zero attached hydrogens (tertiary/aromatic N) is 1. The number of sulfonamides is 1. The number of aliphatic hydroxyl groups excluding tert-OH is 1. The van der Waals surface area contributed by atoms with Crippen LogP contribution in [0.3, 0.4) is 0 Å². The summed E-state index contributed by atoms with van der Waals surface area (Å²) in [6, 6.07) is 3.27. The molecule has 7 heteroatoms. The summed E-state index contributed by atoms with van der Waals surface area (Å²) < 4.78 is 31.2. The smallest absolute Gasteiger partial charge is 0.244 e. The van der Waals surface area contributed by atoms with Crippen molar-refractivity contribution >= 4 is 21.4 Å². The van der Waals surface area contributed by atoms with Crippen LogP contribution >= 0.6 is 11.3 Å². The Bertz CT molecular complexity index is 657. The number of aliphatic hydroxyl groups is 1. The molecule has 0 unspecified atom stereocenters. The van der Waals surface area contributed by atoms with Crippen LogP contribution in [0.25, 0.3) is 0 Å². The number of furan rings is 1. The third kappa shape index (κ3) is 2.74. The Morgan fingerprint density at radius 3 is 2.74 bits per heavy atom. The average molecular weight is 301 g/mol. The summed E-state index contributed by atoms with van der Waals surface area (Å²) in [5.41, 5.74) is 0.826. The minimum Gasteiger partial charge on any atom is -0.469 e. The van der Waals surface area contributed by atoms with Gasteiger partial charge in [0.1, 0.15) is 5.76 Å². The van der Waals surface area contributed by atoms with Crippen LogP contribution in [0.4, 0.5) is 0 Å². The second kappa shape index (κ2) is 5.46. The van der Waals surface area contributed by atoms with Crippen LogP contribution in [0.1, 0.15) is 16.2 Å². The van der Waals surface area contributed by atoms with E-state index in [1.165, 1.54) is 35.0 Å². The third-order valence-corrected chi connectivity index (χ3v) is 5.82. The molecule has 0 amide bonds. The largest absolute Gasteiger partial charge is 0.469 e. The van der Waals surface area contributed by atoms with Gasteiger partial charge in [-0.2, -0.15) is 4.31 Å². The normalized spacial score (nSPS) is 12.2. The Morgan fingerprint density at radius 2 is 2.16 bits per heavy atom. The highest BCUT2D eigenvalue weighted by Gasteiger charge is 2.25. The molecule has 5 nitrogen and oxygen atoms in total. The van der Waals surface area contributed by atoms with Crippen LogP contribution < -0.4 is 0 Å². The van der Waals surface area contributed by atoms with Crippen LogP contribution in [0.5, 0.6) is 0 Å². The van der Waals surface area contributed by atoms with Gasteiger partial charge in [-0.3, -0.25) is 0 Å². The van der Waals surface area contributed by atoms with Crippen molar-refractivity contribution in [2.45, 2.75) is 25.0 Å². The minimum absolute atomic E-state index is 0.170. The van der Waals surface area contributed by atoms with Crippen LogP contribution in [0, 0.1) is 6.92 Å². The first-order valence-corrected chi connectivity index (χ1v) is 7.95. The molecule has 0 radical (unpaired) electrons. The van der Waals surface area contributed by atoms with Crippen LogP contribution in [0.2, 0.25) is 0 Å². The lowest BCUT2D eigenvalue weighted by molar-refractivity contribution is 0.282. The highest BCUT2D eigenvalue weighted by Crippen LogP contribution is 2.26. The monoisotopic (exact) mass is 301 g/mol. The third-order valence-electron chi connectivity index (χ3n) is 2.90. The van der Waals surface area contributed by atoms with Gasteiger partial charge in [0, 0.05) is 24.0 Å². The zero-order chi connectivity index (χ0) is 14.0. The first kappa shape index (κ1) is 14.3. The van der Waals surface area contributed by atoms with Gasteiger partial charge in [0.05, 0.1) is 17.8 Å². The van der Waals surface area contributed by atoms with Crippen molar-refractivity contribution in [3.8, 4) is 0 Å². The summed E-state index contributed by atoms with van der Waals surface area (Å²) in [6.07, 6.45) is 1.54. The predicted octanol–water partition coefficient (Wildman–Crippen LogP) is 1.96. The summed E-state index contributed by atoms with van der Waals surface area (Å²) in [4.78, 5) is 0.624. The molecule has 0 aliphatic heterocycles. The Kier molecular flexibility index (Phi) is 4.10. The molecule has 0 saturated heterocycles. The second-order valence-electron chi connectivity index (χ2n) is 4.13. The van der Waals surface area contributed by atoms with Crippen molar-refractivity contribution in [3.05, 3.63) is 40.0 Å². The van der Waals surface area contributed by atoms with Gasteiger partial charge >= 0.3 is 0 Å². The van der Waals surface area contributed by atoms with Crippen molar-refractivity contribution in [2.75, 3.05) is 7.05 Å². The number of hydrogen-bond acceptors (Lipinski definition) is 5. The molecule has 2 heterocycles. The first-order chi connectivity index (χ1) is 8.96. The van der Waals surface area contributed by atoms with E-state index in [2.05, 4.69) is 0 Å². The molecular weight excluding hydrogens is 286 g/mol. The molecule has 0 saturated carbocycles. The molecule has 19 heavy (non-hydrogen) atoms. The topological polar surface area (TPSA) is 70.8 Å². The molecule has 2 rings (SSSR count). The van der Waals surface area contributed by atoms with Crippen molar-refractivity contribution < 1.29 is 17.9 Å². The number of rotatable bonds is 5. The highest BCUT2D eigenvalue weighted by molar-refractivity contribution is 7.89. The van der Waals surface area contributed by atoms with Crippen molar-refractivity contribution in [3.63, 3.8) is 0 Å². The van der Waals surface area contributed by atoms with E-state index in [0.29, 0.717) is 10.6 Å². The highest BCUT2D eigenvalue weighted by atomic mass is 32.2. The number of hydrogen-bond donors (Lipinski definition) is 1. The van der Waals surface area contributed by atoms with Crippen LogP contribution in [-0.4, -0.2) is 24.9 Å². The Labute approximate surface area is 116 Å². The van der Waals surface area contributed by atoms with Gasteiger partial charge in [0.25, 0.3) is 0 Å². The lowest BCUT2D eigenvalue weighted by Gasteiger charge is -2.16. The van der Waals surface area contributed by atoms with Gasteiger partial charge in [-0.15, -0.1) is 11.3 Å². The Hall–Kier alpha value is -1.15. The molecule has 2 aromatic heterocycles. The van der Waals surface area contributed by atoms with Crippen molar-refractivity contribution in [2.24, 2.45) is 0 Å². The van der Waals surface area contributed by atoms with Gasteiger partial charge < -0.3 is 9.52 Å². The SMILES string of the molecule is Cc1occc1CN(C)S(=O)(=O)c1ccsc1CO. The van der Waals surface area contributed by atoms with E-state index < -0.39 is 10.0 Å². The first-order valence-electron chi connectivity index (χ1n) is 5.63. The van der Waals surface area contributed by atoms with E-state index >= 15 is 0 Å². The molecule has 104 valence electrons. The van der Waals surface area contributed by atoms with Gasteiger partial charge in [0.15, 0.2) is 0 Å². The van der Waals surface area contributed by atoms with Crippen LogP contribution in [0.15, 0.2) is 33.1 Å². The lowest BCUT2D eigenvalue weighted by atomic mass is 10.3. The van der Waals surface area contributed by atoms with Gasteiger partial charge in [-0.05, 0) is 24.4 Å². The van der Waals surface area contributed by atoms with E-state index in [1.807, 2.05) is 0 Å². The Morgan fingerprint density at radius 1 is 1.42 bits per heavy atom. The summed E-state index contributed by atoms with van der Waals surface area (Å²) in [5.74, 6) is 0.703. The molecule has 0 bridgehead atoms. The maximum Gasteiger partial charge on any atom is 0.244 e. The fraction of sp³-hybridized carbons (Fsp3) is 0.333. The van der Waals surface area contributed by atoms with Gasteiger partial charge in [0.2, 0.25) is 10.0 Å². The molecule has 2 aromatic rings. The van der Waals surface area contributed by atoms with E-state index in [0.717, 1.165) is 5.56 Å². The standard InChI is InChI=1S/C12H15NO4S2/c1-9-10(3-5-17-9)7-13(2)19(15,16)12-4-6-18-11(12)8-14/h3-6,14H,7-8H2,1-2H3. The Balaban J connectivity index is 2.27. The molecule has 0 atom stereocenters. The van der Waals surface area contributed by atoms with E-state index in [-0.39, 0.29) is 18.0 Å². The van der Waals surface area contributed by atoms with Gasteiger partial charge in [-0.25, -0.2) is 8.42 Å². The summed E-state index contributed by atoms with van der Waals surface area (Å²) in [6.45, 7) is 1.76. The molecule has 0 spiro atoms. The second-order valence-corrected chi connectivity index (χ2v) is 7.14. The zero-order valence-electron chi connectivity index (χ0n) is 10.7. The summed E-state index contributed by atoms with van der Waals surface area (Å²) in [5, 5.41) is 10.8. The van der Waals surface area contributed by atoms with E-state index in [1.54, 1.807) is 18.4 Å². The molecule has 0 aromatic carbocycles. The van der Waals surface area contributed by atoms with Crippen LogP contribution in [-0.2, 0) is 23.2 Å². The number of thiophene rings is 1. The molecule has 0 fully saturated rings. The fourth-order valence-electron chi connectivity index (χ4n) is 1.74. The van der Waals surface area contributed by atoms with Gasteiger partial charge in [-0.1, -0.05) is 0 Å². The number of aryl methyl sites for hydroxylation is 1. The van der Waals surface area contributed by atoms with Crippen molar-refractivity contribution in [1.29, 1.82) is 0 Å². The summed E-state index contributed by atoms with van der Waals surface area (Å²) in [7, 11) is -2.07. The average Bonchev–Trinajstić information content (AvgIpc) is 2.98. The van der Waals surface area contributed by atoms with E-state index in [4.69, 9.17) is 9.52 Å². The predicted molar refractivity (Wildman–Crippen MR) is 72.3 cm³/mol.